The molecule has 208 valence electrons. The standard InChI is InChI=1S/C29H28N2O9/c1-31(2)23-18-10-12-9-17-16(15-5-4-14(40-3)8-13(15)11-32)6-7-19(33)21(17)24(34)20(12)26(36)29(18,39)27(37)22(25(23)35)28(30)38/h4-8,11-12,18,23,33-34,37,39H,9-10H2,1-3H3,(H2,30,38). The number of likely N-dealkylation sites (N-methyl/N-ethyl adjacent to an activating group) is 1. The lowest BCUT2D eigenvalue weighted by Crippen LogP contribution is -2.65. The third kappa shape index (κ3) is 3.58. The zero-order valence-corrected chi connectivity index (χ0v) is 22.0. The number of hydrogen-bond acceptors (Lipinski definition) is 10. The van der Waals surface area contributed by atoms with Crippen LogP contribution >= 0.6 is 0 Å². The summed E-state index contributed by atoms with van der Waals surface area (Å²) in [6, 6.07) is 6.63. The molecular formula is C29H28N2O9. The number of ketones is 2. The third-order valence-electron chi connectivity index (χ3n) is 8.28. The molecular weight excluding hydrogens is 520 g/mol. The number of fused-ring (bicyclic) bond motifs is 3. The summed E-state index contributed by atoms with van der Waals surface area (Å²) in [7, 11) is 4.54. The van der Waals surface area contributed by atoms with Crippen LogP contribution in [0.5, 0.6) is 11.5 Å². The zero-order chi connectivity index (χ0) is 29.3. The highest BCUT2D eigenvalue weighted by Crippen LogP contribution is 2.53. The predicted molar refractivity (Wildman–Crippen MR) is 142 cm³/mol. The molecule has 11 nitrogen and oxygen atoms in total. The van der Waals surface area contributed by atoms with E-state index in [0.717, 1.165) is 0 Å². The van der Waals surface area contributed by atoms with E-state index >= 15 is 0 Å². The number of ether oxygens (including phenoxy) is 1. The van der Waals surface area contributed by atoms with E-state index < -0.39 is 58.0 Å². The van der Waals surface area contributed by atoms with E-state index in [-0.39, 0.29) is 29.7 Å². The van der Waals surface area contributed by atoms with Gasteiger partial charge in [0, 0.05) is 17.1 Å². The lowest BCUT2D eigenvalue weighted by atomic mass is 9.57. The Morgan fingerprint density at radius 1 is 1.12 bits per heavy atom. The molecule has 0 aliphatic heterocycles. The molecule has 1 amide bonds. The van der Waals surface area contributed by atoms with Crippen molar-refractivity contribution in [3.63, 3.8) is 0 Å². The van der Waals surface area contributed by atoms with Crippen LogP contribution in [0.1, 0.15) is 27.9 Å². The normalized spacial score (nSPS) is 25.9. The van der Waals surface area contributed by atoms with Crippen molar-refractivity contribution in [3.8, 4) is 22.6 Å². The Morgan fingerprint density at radius 3 is 2.40 bits per heavy atom. The van der Waals surface area contributed by atoms with Crippen molar-refractivity contribution in [2.45, 2.75) is 24.5 Å². The second kappa shape index (κ2) is 9.32. The summed E-state index contributed by atoms with van der Waals surface area (Å²) >= 11 is 0. The molecule has 1 saturated carbocycles. The number of nitrogens with two attached hydrogens (primary N) is 1. The molecule has 11 heteroatoms. The molecule has 2 aromatic carbocycles. The monoisotopic (exact) mass is 548 g/mol. The average Bonchev–Trinajstić information content (AvgIpc) is 2.90. The second-order valence-corrected chi connectivity index (χ2v) is 10.5. The Bertz CT molecular complexity index is 1570. The Kier molecular flexibility index (Phi) is 6.31. The molecule has 1 fully saturated rings. The largest absolute Gasteiger partial charge is 0.508 e. The molecule has 6 N–H and O–H groups in total. The highest BCUT2D eigenvalue weighted by molar-refractivity contribution is 6.24. The van der Waals surface area contributed by atoms with Crippen molar-refractivity contribution >= 4 is 29.5 Å². The van der Waals surface area contributed by atoms with Gasteiger partial charge in [0.1, 0.15) is 28.6 Å². The molecule has 0 bridgehead atoms. The lowest BCUT2D eigenvalue weighted by Gasteiger charge is -2.50. The van der Waals surface area contributed by atoms with Crippen LogP contribution in [-0.4, -0.2) is 81.9 Å². The average molecular weight is 549 g/mol. The maximum absolute atomic E-state index is 13.9. The fourth-order valence-electron chi connectivity index (χ4n) is 6.51. The van der Waals surface area contributed by atoms with Crippen LogP contribution in [0.4, 0.5) is 0 Å². The summed E-state index contributed by atoms with van der Waals surface area (Å²) in [5.74, 6) is -6.75. The van der Waals surface area contributed by atoms with Crippen LogP contribution in [-0.2, 0) is 20.8 Å². The van der Waals surface area contributed by atoms with Gasteiger partial charge in [-0.2, -0.15) is 0 Å². The number of benzene rings is 2. The van der Waals surface area contributed by atoms with Gasteiger partial charge in [-0.3, -0.25) is 24.1 Å². The van der Waals surface area contributed by atoms with E-state index in [9.17, 15) is 39.6 Å². The number of aliphatic hydroxyl groups excluding tert-OH is 2. The van der Waals surface area contributed by atoms with E-state index in [2.05, 4.69) is 0 Å². The van der Waals surface area contributed by atoms with E-state index in [0.29, 0.717) is 34.3 Å². The summed E-state index contributed by atoms with van der Waals surface area (Å²) < 4.78 is 5.22. The number of aromatic hydroxyl groups is 1. The molecule has 0 aromatic heterocycles. The van der Waals surface area contributed by atoms with Crippen LogP contribution in [0.15, 0.2) is 47.2 Å². The van der Waals surface area contributed by atoms with Crippen LogP contribution in [0.2, 0.25) is 0 Å². The van der Waals surface area contributed by atoms with E-state index in [1.807, 2.05) is 0 Å². The number of rotatable bonds is 5. The van der Waals surface area contributed by atoms with Gasteiger partial charge in [0.2, 0.25) is 5.78 Å². The Balaban J connectivity index is 1.74. The molecule has 4 atom stereocenters. The molecule has 3 aliphatic carbocycles. The first-order valence-corrected chi connectivity index (χ1v) is 12.5. The van der Waals surface area contributed by atoms with E-state index in [1.54, 1.807) is 24.3 Å². The second-order valence-electron chi connectivity index (χ2n) is 10.5. The number of nitrogens with zero attached hydrogens (tertiary/aromatic N) is 1. The number of hydrogen-bond donors (Lipinski definition) is 5. The minimum absolute atomic E-state index is 0.0377. The third-order valence-corrected chi connectivity index (χ3v) is 8.28. The van der Waals surface area contributed by atoms with Gasteiger partial charge < -0.3 is 30.9 Å². The molecule has 0 radical (unpaired) electrons. The van der Waals surface area contributed by atoms with Crippen LogP contribution in [0, 0.1) is 11.8 Å². The Labute approximate surface area is 228 Å². The topological polar surface area (TPSA) is 188 Å². The molecule has 0 spiro atoms. The van der Waals surface area contributed by atoms with Crippen molar-refractivity contribution in [2.24, 2.45) is 17.6 Å². The zero-order valence-electron chi connectivity index (χ0n) is 22.0. The first-order valence-electron chi connectivity index (χ1n) is 12.5. The number of Topliss-reactive ketones (excluding diaryl/α,β-unsaturated/α-hetero) is 2. The Morgan fingerprint density at radius 2 is 1.80 bits per heavy atom. The molecule has 4 unspecified atom stereocenters. The fourth-order valence-corrected chi connectivity index (χ4v) is 6.51. The van der Waals surface area contributed by atoms with Gasteiger partial charge in [0.25, 0.3) is 5.91 Å². The summed E-state index contributed by atoms with van der Waals surface area (Å²) in [6.07, 6.45) is 0.721. The van der Waals surface area contributed by atoms with Crippen molar-refractivity contribution in [1.29, 1.82) is 0 Å². The van der Waals surface area contributed by atoms with Crippen molar-refractivity contribution in [3.05, 3.63) is 63.9 Å². The number of carbonyl (C=O) groups excluding carboxylic acids is 4. The van der Waals surface area contributed by atoms with Gasteiger partial charge in [-0.25, -0.2) is 0 Å². The molecule has 0 saturated heterocycles. The van der Waals surface area contributed by atoms with Crippen molar-refractivity contribution in [1.82, 2.24) is 4.90 Å². The quantitative estimate of drug-likeness (QED) is 0.270. The molecule has 40 heavy (non-hydrogen) atoms. The number of phenols is 1. The maximum Gasteiger partial charge on any atom is 0.255 e. The predicted octanol–water partition coefficient (Wildman–Crippen LogP) is 1.45. The van der Waals surface area contributed by atoms with Crippen LogP contribution in [0.3, 0.4) is 0 Å². The summed E-state index contributed by atoms with van der Waals surface area (Å²) in [4.78, 5) is 52.7. The van der Waals surface area contributed by atoms with E-state index in [1.165, 1.54) is 32.2 Å². The van der Waals surface area contributed by atoms with Crippen LogP contribution < -0.4 is 10.5 Å². The number of carbonyl (C=O) groups is 4. The van der Waals surface area contributed by atoms with Gasteiger partial charge >= 0.3 is 0 Å². The molecule has 0 heterocycles. The van der Waals surface area contributed by atoms with Gasteiger partial charge in [-0.05, 0) is 73.8 Å². The molecule has 2 aromatic rings. The number of phenolic OH excluding ortho intramolecular Hbond substituents is 1. The number of amides is 1. The number of aliphatic hydroxyl groups is 3. The lowest BCUT2D eigenvalue weighted by molar-refractivity contribution is -0.153. The highest BCUT2D eigenvalue weighted by Gasteiger charge is 2.64. The number of primary amides is 1. The summed E-state index contributed by atoms with van der Waals surface area (Å²) in [5, 5.41) is 44.8. The fraction of sp³-hybridized carbons (Fsp3) is 0.310. The Hall–Kier alpha value is -4.48. The number of methoxy groups -OCH3 is 1. The van der Waals surface area contributed by atoms with Gasteiger partial charge in [0.05, 0.1) is 18.7 Å². The minimum atomic E-state index is -2.71. The highest BCUT2D eigenvalue weighted by atomic mass is 16.5. The van der Waals surface area contributed by atoms with Crippen molar-refractivity contribution < 1.29 is 44.3 Å². The summed E-state index contributed by atoms with van der Waals surface area (Å²) in [6.45, 7) is 0. The van der Waals surface area contributed by atoms with Crippen molar-refractivity contribution in [2.75, 3.05) is 21.2 Å². The molecule has 5 rings (SSSR count). The van der Waals surface area contributed by atoms with Gasteiger partial charge in [0.15, 0.2) is 17.7 Å². The van der Waals surface area contributed by atoms with Gasteiger partial charge in [-0.15, -0.1) is 0 Å². The maximum atomic E-state index is 13.9. The SMILES string of the molecule is COc1ccc(-c2ccc(O)c3c2CC2CC4C(N(C)C)C(=O)C(C(N)=O)=C(O)C4(O)C(=O)C2=C3O)c(C=O)c1. The smallest absolute Gasteiger partial charge is 0.255 e. The first-order chi connectivity index (χ1) is 18.9. The van der Waals surface area contributed by atoms with Crippen LogP contribution in [0.25, 0.3) is 16.9 Å². The first kappa shape index (κ1) is 27.1. The van der Waals surface area contributed by atoms with E-state index in [4.69, 9.17) is 10.5 Å². The molecule has 3 aliphatic rings. The van der Waals surface area contributed by atoms with Gasteiger partial charge in [-0.1, -0.05) is 6.07 Å². The minimum Gasteiger partial charge on any atom is -0.508 e. The number of aldehydes is 1. The summed E-state index contributed by atoms with van der Waals surface area (Å²) in [5.41, 5.74) is 3.26.